The fourth-order valence-electron chi connectivity index (χ4n) is 6.58. The smallest absolute Gasteiger partial charge is 0.100 e. The molecular weight excluding hydrogens is 484 g/mol. The lowest BCUT2D eigenvalue weighted by molar-refractivity contribution is 0.159. The third kappa shape index (κ3) is 23.0. The Balaban J connectivity index is 1.86. The van der Waals surface area contributed by atoms with Gasteiger partial charge < -0.3 is 9.80 Å². The topological polar surface area (TPSA) is 6.48 Å². The molecule has 0 bridgehead atoms. The van der Waals surface area contributed by atoms with E-state index in [2.05, 4.69) is 43.1 Å². The van der Waals surface area contributed by atoms with Crippen molar-refractivity contribution in [1.29, 1.82) is 0 Å². The Hall–Kier alpha value is -0.660. The van der Waals surface area contributed by atoms with Gasteiger partial charge in [-0.3, -0.25) is 0 Å². The minimum Gasteiger partial charge on any atom is -0.359 e. The summed E-state index contributed by atoms with van der Waals surface area (Å²) in [4.78, 5) is 5.08. The second kappa shape index (κ2) is 29.8. The molecule has 0 amide bonds. The molecule has 1 aliphatic rings. The number of hydrogen-bond acceptors (Lipinski definition) is 2. The van der Waals surface area contributed by atoms with Gasteiger partial charge in [-0.15, -0.1) is 0 Å². The summed E-state index contributed by atoms with van der Waals surface area (Å²) in [6, 6.07) is 0. The van der Waals surface area contributed by atoms with Crippen LogP contribution in [0.25, 0.3) is 0 Å². The first kappa shape index (κ1) is 37.4. The fraction of sp³-hybridized carbons (Fsp3) is 0.947. The predicted octanol–water partition coefficient (Wildman–Crippen LogP) is 13.2. The van der Waals surface area contributed by atoms with Crippen molar-refractivity contribution in [2.75, 3.05) is 13.6 Å². The molecular formula is C38H76N2. The molecule has 1 aliphatic heterocycles. The summed E-state index contributed by atoms with van der Waals surface area (Å²) in [5.41, 5.74) is 0. The van der Waals surface area contributed by atoms with Crippen LogP contribution in [0.4, 0.5) is 0 Å². The van der Waals surface area contributed by atoms with Crippen molar-refractivity contribution in [1.82, 2.24) is 9.80 Å². The highest BCUT2D eigenvalue weighted by molar-refractivity contribution is 4.95. The van der Waals surface area contributed by atoms with Crippen molar-refractivity contribution >= 4 is 0 Å². The minimum atomic E-state index is 0.619. The van der Waals surface area contributed by atoms with E-state index in [-0.39, 0.29) is 0 Å². The summed E-state index contributed by atoms with van der Waals surface area (Å²) < 4.78 is 0. The molecule has 1 rings (SSSR count). The Bertz CT molecular complexity index is 516. The third-order valence-electron chi connectivity index (χ3n) is 9.43. The van der Waals surface area contributed by atoms with E-state index in [1.807, 2.05) is 0 Å². The summed E-state index contributed by atoms with van der Waals surface area (Å²) in [5.74, 6) is 0. The summed E-state index contributed by atoms with van der Waals surface area (Å²) >= 11 is 0. The van der Waals surface area contributed by atoms with Gasteiger partial charge in [0.25, 0.3) is 0 Å². The van der Waals surface area contributed by atoms with E-state index in [1.54, 1.807) is 0 Å². The zero-order chi connectivity index (χ0) is 28.8. The molecule has 0 aliphatic carbocycles. The predicted molar refractivity (Wildman–Crippen MR) is 182 cm³/mol. The van der Waals surface area contributed by atoms with Crippen molar-refractivity contribution in [3.05, 3.63) is 12.4 Å². The van der Waals surface area contributed by atoms with Gasteiger partial charge >= 0.3 is 0 Å². The van der Waals surface area contributed by atoms with Crippen LogP contribution in [0.3, 0.4) is 0 Å². The second-order valence-electron chi connectivity index (χ2n) is 13.4. The van der Waals surface area contributed by atoms with Gasteiger partial charge in [-0.2, -0.15) is 0 Å². The quantitative estimate of drug-likeness (QED) is 0.0755. The van der Waals surface area contributed by atoms with Crippen LogP contribution in [0, 0.1) is 0 Å². The second-order valence-corrected chi connectivity index (χ2v) is 13.4. The zero-order valence-corrected chi connectivity index (χ0v) is 28.3. The first-order valence-corrected chi connectivity index (χ1v) is 19.0. The molecule has 0 spiro atoms. The Morgan fingerprint density at radius 2 is 0.675 bits per heavy atom. The van der Waals surface area contributed by atoms with Gasteiger partial charge in [0, 0.05) is 26.0 Å². The lowest BCUT2D eigenvalue weighted by atomic mass is 10.0. The maximum Gasteiger partial charge on any atom is 0.100 e. The number of nitrogens with zero attached hydrogens (tertiary/aromatic N) is 2. The summed E-state index contributed by atoms with van der Waals surface area (Å²) in [6.45, 7) is 5.87. The zero-order valence-electron chi connectivity index (χ0n) is 28.3. The minimum absolute atomic E-state index is 0.619. The molecule has 2 heteroatoms. The molecule has 0 saturated carbocycles. The molecule has 0 fully saturated rings. The standard InChI is InChI=1S/C38H76N2/c1-4-6-8-10-12-14-16-18-20-21-22-24-26-28-30-32-34-38-39(3)36-37-40(38)35-33-31-29-27-25-23-19-17-15-13-11-9-7-5-2/h36-38H,4-35H2,1-3H3. The largest absolute Gasteiger partial charge is 0.359 e. The van der Waals surface area contributed by atoms with Crippen LogP contribution in [0.15, 0.2) is 12.4 Å². The molecule has 0 aromatic heterocycles. The number of unbranched alkanes of at least 4 members (excludes halogenated alkanes) is 28. The molecule has 2 nitrogen and oxygen atoms in total. The van der Waals surface area contributed by atoms with E-state index < -0.39 is 0 Å². The molecule has 1 atom stereocenters. The Morgan fingerprint density at radius 3 is 1.02 bits per heavy atom. The average Bonchev–Trinajstić information content (AvgIpc) is 3.31. The van der Waals surface area contributed by atoms with Gasteiger partial charge in [0.15, 0.2) is 0 Å². The average molecular weight is 561 g/mol. The first-order valence-electron chi connectivity index (χ1n) is 19.0. The normalized spacial score (nSPS) is 15.1. The number of hydrogen-bond donors (Lipinski definition) is 0. The van der Waals surface area contributed by atoms with Crippen molar-refractivity contribution in [2.24, 2.45) is 0 Å². The molecule has 238 valence electrons. The molecule has 0 aromatic rings. The van der Waals surface area contributed by atoms with Gasteiger partial charge in [0.1, 0.15) is 6.17 Å². The SMILES string of the molecule is CCCCCCCCCCCCCCCCCCC1N(C)C=CN1CCCCCCCCCCCCCCCC. The van der Waals surface area contributed by atoms with Crippen molar-refractivity contribution < 1.29 is 0 Å². The van der Waals surface area contributed by atoms with Crippen LogP contribution >= 0.6 is 0 Å². The van der Waals surface area contributed by atoms with Crippen LogP contribution in [0.1, 0.15) is 213 Å². The summed E-state index contributed by atoms with van der Waals surface area (Å²) in [7, 11) is 2.28. The van der Waals surface area contributed by atoms with E-state index in [0.29, 0.717) is 6.17 Å². The summed E-state index contributed by atoms with van der Waals surface area (Å²) in [6.07, 6.45) is 50.1. The van der Waals surface area contributed by atoms with Gasteiger partial charge in [-0.05, 0) is 19.3 Å². The number of rotatable bonds is 32. The fourth-order valence-corrected chi connectivity index (χ4v) is 6.58. The molecule has 0 saturated heterocycles. The monoisotopic (exact) mass is 561 g/mol. The first-order chi connectivity index (χ1) is 19.8. The van der Waals surface area contributed by atoms with Crippen molar-refractivity contribution in [3.8, 4) is 0 Å². The van der Waals surface area contributed by atoms with E-state index in [9.17, 15) is 0 Å². The molecule has 0 radical (unpaired) electrons. The molecule has 40 heavy (non-hydrogen) atoms. The van der Waals surface area contributed by atoms with E-state index >= 15 is 0 Å². The maximum atomic E-state index is 2.63. The van der Waals surface area contributed by atoms with Crippen LogP contribution in [-0.4, -0.2) is 29.6 Å². The molecule has 0 aromatic carbocycles. The molecule has 0 N–H and O–H groups in total. The highest BCUT2D eigenvalue weighted by Gasteiger charge is 2.22. The van der Waals surface area contributed by atoms with Gasteiger partial charge in [0.2, 0.25) is 0 Å². The van der Waals surface area contributed by atoms with Gasteiger partial charge in [-0.1, -0.05) is 194 Å². The van der Waals surface area contributed by atoms with Crippen molar-refractivity contribution in [3.63, 3.8) is 0 Å². The third-order valence-corrected chi connectivity index (χ3v) is 9.43. The lowest BCUT2D eigenvalue weighted by Gasteiger charge is -2.30. The van der Waals surface area contributed by atoms with E-state index in [4.69, 9.17) is 0 Å². The Labute approximate surface area is 254 Å². The van der Waals surface area contributed by atoms with Crippen LogP contribution in [0.5, 0.6) is 0 Å². The van der Waals surface area contributed by atoms with E-state index in [1.165, 1.54) is 206 Å². The molecule has 1 unspecified atom stereocenters. The summed E-state index contributed by atoms with van der Waals surface area (Å²) in [5, 5.41) is 0. The Morgan fingerprint density at radius 1 is 0.375 bits per heavy atom. The van der Waals surface area contributed by atoms with Crippen molar-refractivity contribution in [2.45, 2.75) is 219 Å². The van der Waals surface area contributed by atoms with E-state index in [0.717, 1.165) is 0 Å². The molecule has 1 heterocycles. The maximum absolute atomic E-state index is 2.63. The van der Waals surface area contributed by atoms with Crippen LogP contribution in [0.2, 0.25) is 0 Å². The van der Waals surface area contributed by atoms with Gasteiger partial charge in [0.05, 0.1) is 0 Å². The highest BCUT2D eigenvalue weighted by atomic mass is 15.4. The van der Waals surface area contributed by atoms with Crippen LogP contribution in [-0.2, 0) is 0 Å². The highest BCUT2D eigenvalue weighted by Crippen LogP contribution is 2.22. The van der Waals surface area contributed by atoms with Gasteiger partial charge in [-0.25, -0.2) is 0 Å². The van der Waals surface area contributed by atoms with Crippen LogP contribution < -0.4 is 0 Å². The lowest BCUT2D eigenvalue weighted by Crippen LogP contribution is -2.37. The Kier molecular flexibility index (Phi) is 27.9.